The van der Waals surface area contributed by atoms with Gasteiger partial charge in [-0.25, -0.2) is 0 Å². The third-order valence-corrected chi connectivity index (χ3v) is 9.31. The molecule has 0 atom stereocenters. The molecular formula is C38H58N2O2S. The lowest BCUT2D eigenvalue weighted by Gasteiger charge is -2.26. The first-order valence-electron chi connectivity index (χ1n) is 16.9. The molecule has 0 saturated heterocycles. The Morgan fingerprint density at radius 1 is 0.860 bits per heavy atom. The molecule has 3 rings (SSSR count). The number of ether oxygens (including phenoxy) is 1. The van der Waals surface area contributed by atoms with Crippen molar-refractivity contribution in [2.45, 2.75) is 137 Å². The fourth-order valence-electron chi connectivity index (χ4n) is 5.72. The van der Waals surface area contributed by atoms with E-state index < -0.39 is 0 Å². The summed E-state index contributed by atoms with van der Waals surface area (Å²) in [7, 11) is 0. The van der Waals surface area contributed by atoms with Gasteiger partial charge in [0, 0.05) is 25.4 Å². The van der Waals surface area contributed by atoms with Gasteiger partial charge >= 0.3 is 0 Å². The fourth-order valence-corrected chi connectivity index (χ4v) is 6.48. The molecule has 0 spiro atoms. The van der Waals surface area contributed by atoms with Crippen molar-refractivity contribution >= 4 is 23.4 Å². The van der Waals surface area contributed by atoms with Gasteiger partial charge in [-0.15, -0.1) is 11.8 Å². The number of nitrogens with zero attached hydrogens (tertiary/aromatic N) is 2. The number of hydrogen-bond donors (Lipinski definition) is 0. The lowest BCUT2D eigenvalue weighted by atomic mass is 9.85. The molecule has 0 saturated carbocycles. The summed E-state index contributed by atoms with van der Waals surface area (Å²) < 4.78 is 6.42. The van der Waals surface area contributed by atoms with Gasteiger partial charge in [-0.1, -0.05) is 123 Å². The SMILES string of the molecule is CCCCCCCCCCCCCCOc1cc(CN(C(C)=O)c2ccc(CN3C=C(C)SC3)cc2)ccc1C(C)(C)C. The molecule has 2 aromatic rings. The number of hydrogen-bond acceptors (Lipinski definition) is 4. The number of thioether (sulfide) groups is 1. The normalized spacial score (nSPS) is 13.3. The van der Waals surface area contributed by atoms with Crippen LogP contribution in [0.2, 0.25) is 0 Å². The first kappa shape index (κ1) is 35.1. The van der Waals surface area contributed by atoms with E-state index >= 15 is 0 Å². The Morgan fingerprint density at radius 2 is 1.44 bits per heavy atom. The van der Waals surface area contributed by atoms with E-state index in [1.54, 1.807) is 6.92 Å². The molecule has 1 heterocycles. The zero-order valence-electron chi connectivity index (χ0n) is 28.1. The number of unbranched alkanes of at least 4 members (excludes halogenated alkanes) is 11. The average Bonchev–Trinajstić information content (AvgIpc) is 3.38. The highest BCUT2D eigenvalue weighted by molar-refractivity contribution is 8.03. The Kier molecular flexibility index (Phi) is 15.0. The van der Waals surface area contributed by atoms with Crippen molar-refractivity contribution in [2.24, 2.45) is 0 Å². The van der Waals surface area contributed by atoms with E-state index in [-0.39, 0.29) is 11.3 Å². The lowest BCUT2D eigenvalue weighted by Crippen LogP contribution is -2.28. The first-order valence-corrected chi connectivity index (χ1v) is 17.8. The summed E-state index contributed by atoms with van der Waals surface area (Å²) in [5, 5.41) is 0. The second kappa shape index (κ2) is 18.4. The molecule has 0 fully saturated rings. The molecule has 0 radical (unpaired) electrons. The van der Waals surface area contributed by atoms with E-state index in [1.807, 2.05) is 16.7 Å². The minimum Gasteiger partial charge on any atom is -0.493 e. The Balaban J connectivity index is 1.50. The third-order valence-electron chi connectivity index (χ3n) is 8.29. The molecule has 0 aliphatic carbocycles. The van der Waals surface area contributed by atoms with Crippen LogP contribution < -0.4 is 9.64 Å². The molecule has 2 aromatic carbocycles. The highest BCUT2D eigenvalue weighted by atomic mass is 32.2. The molecule has 4 nitrogen and oxygen atoms in total. The fraction of sp³-hybridized carbons (Fsp3) is 0.605. The smallest absolute Gasteiger partial charge is 0.224 e. The second-order valence-corrected chi connectivity index (χ2v) is 14.5. The van der Waals surface area contributed by atoms with E-state index in [2.05, 4.69) is 88.2 Å². The summed E-state index contributed by atoms with van der Waals surface area (Å²) in [6, 6.07) is 14.9. The molecule has 43 heavy (non-hydrogen) atoms. The summed E-state index contributed by atoms with van der Waals surface area (Å²) in [6.07, 6.45) is 18.3. The highest BCUT2D eigenvalue weighted by Crippen LogP contribution is 2.33. The van der Waals surface area contributed by atoms with Crippen LogP contribution in [-0.4, -0.2) is 23.3 Å². The molecule has 0 bridgehead atoms. The first-order chi connectivity index (χ1) is 20.7. The van der Waals surface area contributed by atoms with E-state index in [1.165, 1.54) is 86.7 Å². The van der Waals surface area contributed by atoms with E-state index in [0.717, 1.165) is 42.4 Å². The Morgan fingerprint density at radius 3 is 1.98 bits per heavy atom. The maximum atomic E-state index is 12.7. The molecule has 0 aromatic heterocycles. The summed E-state index contributed by atoms with van der Waals surface area (Å²) in [4.78, 5) is 18.3. The maximum Gasteiger partial charge on any atom is 0.224 e. The Bertz CT molecular complexity index is 1140. The highest BCUT2D eigenvalue weighted by Gasteiger charge is 2.21. The van der Waals surface area contributed by atoms with Crippen molar-refractivity contribution in [1.82, 2.24) is 4.90 Å². The summed E-state index contributed by atoms with van der Waals surface area (Å²) in [5.74, 6) is 2.00. The van der Waals surface area contributed by atoms with Gasteiger partial charge in [-0.05, 0) is 58.6 Å². The van der Waals surface area contributed by atoms with Crippen LogP contribution in [0.25, 0.3) is 0 Å². The van der Waals surface area contributed by atoms with Crippen molar-refractivity contribution in [3.63, 3.8) is 0 Å². The summed E-state index contributed by atoms with van der Waals surface area (Å²) >= 11 is 1.88. The predicted molar refractivity (Wildman–Crippen MR) is 187 cm³/mol. The molecule has 1 aliphatic rings. The molecule has 0 N–H and O–H groups in total. The molecule has 1 aliphatic heterocycles. The maximum absolute atomic E-state index is 12.7. The van der Waals surface area contributed by atoms with Gasteiger partial charge in [0.15, 0.2) is 0 Å². The minimum absolute atomic E-state index is 0.0118. The monoisotopic (exact) mass is 606 g/mol. The van der Waals surface area contributed by atoms with Crippen LogP contribution in [0.5, 0.6) is 5.75 Å². The van der Waals surface area contributed by atoms with Gasteiger partial charge in [-0.3, -0.25) is 4.79 Å². The number of carbonyl (C=O) groups excluding carboxylic acids is 1. The zero-order valence-corrected chi connectivity index (χ0v) is 28.9. The molecule has 0 unspecified atom stereocenters. The van der Waals surface area contributed by atoms with Crippen molar-refractivity contribution in [1.29, 1.82) is 0 Å². The average molecular weight is 607 g/mol. The summed E-state index contributed by atoms with van der Waals surface area (Å²) in [6.45, 7) is 15.0. The molecule has 1 amide bonds. The van der Waals surface area contributed by atoms with Crippen molar-refractivity contribution in [2.75, 3.05) is 17.4 Å². The Labute approximate surface area is 267 Å². The third kappa shape index (κ3) is 12.6. The number of benzene rings is 2. The van der Waals surface area contributed by atoms with Gasteiger partial charge < -0.3 is 14.5 Å². The predicted octanol–water partition coefficient (Wildman–Crippen LogP) is 11.0. The van der Waals surface area contributed by atoms with E-state index in [4.69, 9.17) is 4.74 Å². The van der Waals surface area contributed by atoms with Crippen molar-refractivity contribution in [3.8, 4) is 5.75 Å². The number of allylic oxidation sites excluding steroid dienone is 1. The number of amides is 1. The van der Waals surface area contributed by atoms with Crippen LogP contribution in [0.1, 0.15) is 135 Å². The van der Waals surface area contributed by atoms with Crippen molar-refractivity contribution in [3.05, 3.63) is 70.3 Å². The van der Waals surface area contributed by atoms with Gasteiger partial charge in [-0.2, -0.15) is 0 Å². The molecular weight excluding hydrogens is 548 g/mol. The quantitative estimate of drug-likeness (QED) is 0.149. The van der Waals surface area contributed by atoms with Gasteiger partial charge in [0.1, 0.15) is 5.75 Å². The molecule has 5 heteroatoms. The zero-order chi connectivity index (χ0) is 31.1. The van der Waals surface area contributed by atoms with Crippen LogP contribution >= 0.6 is 11.8 Å². The minimum atomic E-state index is -0.0118. The van der Waals surface area contributed by atoms with Crippen LogP contribution in [0.3, 0.4) is 0 Å². The topological polar surface area (TPSA) is 32.8 Å². The molecule has 238 valence electrons. The van der Waals surface area contributed by atoms with Gasteiger partial charge in [0.05, 0.1) is 19.0 Å². The lowest BCUT2D eigenvalue weighted by molar-refractivity contribution is -0.116. The number of rotatable bonds is 19. The largest absolute Gasteiger partial charge is 0.493 e. The van der Waals surface area contributed by atoms with Crippen molar-refractivity contribution < 1.29 is 9.53 Å². The van der Waals surface area contributed by atoms with Crippen LogP contribution in [0.4, 0.5) is 5.69 Å². The number of anilines is 1. The van der Waals surface area contributed by atoms with E-state index in [0.29, 0.717) is 6.54 Å². The van der Waals surface area contributed by atoms with Crippen LogP contribution in [0.15, 0.2) is 53.6 Å². The van der Waals surface area contributed by atoms with Gasteiger partial charge in [0.25, 0.3) is 0 Å². The Hall–Kier alpha value is -2.40. The second-order valence-electron chi connectivity index (χ2n) is 13.3. The summed E-state index contributed by atoms with van der Waals surface area (Å²) in [5.41, 5.74) is 4.48. The number of carbonyl (C=O) groups is 1. The van der Waals surface area contributed by atoms with Crippen LogP contribution in [-0.2, 0) is 23.3 Å². The standard InChI is InChI=1S/C38H58N2O2S/c1-7-8-9-10-11-12-13-14-15-16-17-18-25-42-37-26-34(21-24-36(37)38(4,5)6)29-40(32(3)41)35-22-19-33(20-23-35)28-39-27-31(2)43-30-39/h19-24,26-27H,7-18,25,28-30H2,1-6H3. The van der Waals surface area contributed by atoms with E-state index in [9.17, 15) is 4.79 Å². The van der Waals surface area contributed by atoms with Gasteiger partial charge in [0.2, 0.25) is 5.91 Å². The van der Waals surface area contributed by atoms with Crippen LogP contribution in [0, 0.1) is 0 Å².